The normalized spacial score (nSPS) is 10.7. The zero-order valence-corrected chi connectivity index (χ0v) is 7.30. The van der Waals surface area contributed by atoms with Gasteiger partial charge in [-0.05, 0) is 6.92 Å². The van der Waals surface area contributed by atoms with Crippen LogP contribution in [-0.4, -0.2) is 10.8 Å². The maximum Gasteiger partial charge on any atom is 0.417 e. The molecule has 0 saturated heterocycles. The minimum atomic E-state index is -0.573. The lowest BCUT2D eigenvalue weighted by Crippen LogP contribution is -2.10. The number of hydrogen-bond acceptors (Lipinski definition) is 3. The molecule has 4 nitrogen and oxygen atoms in total. The van der Waals surface area contributed by atoms with E-state index in [9.17, 15) is 9.59 Å². The molecular formula is C8H11NO3. The topological polar surface area (TPSA) is 63.1 Å². The van der Waals surface area contributed by atoms with Gasteiger partial charge in [0.05, 0.1) is 0 Å². The smallest absolute Gasteiger partial charge is 0.413 e. The van der Waals surface area contributed by atoms with Gasteiger partial charge in [0.1, 0.15) is 11.5 Å². The second kappa shape index (κ2) is 2.97. The Labute approximate surface area is 69.6 Å². The van der Waals surface area contributed by atoms with Crippen molar-refractivity contribution in [2.75, 3.05) is 0 Å². The Bertz CT molecular complexity index is 345. The van der Waals surface area contributed by atoms with Gasteiger partial charge in [-0.25, -0.2) is 4.79 Å². The molecule has 1 aromatic rings. The SMILES string of the molecule is Cc1oc(=O)[nH]c1C(=O)C(C)C. The van der Waals surface area contributed by atoms with E-state index < -0.39 is 5.76 Å². The van der Waals surface area contributed by atoms with Crippen molar-refractivity contribution in [2.24, 2.45) is 5.92 Å². The molecule has 66 valence electrons. The monoisotopic (exact) mass is 169 g/mol. The summed E-state index contributed by atoms with van der Waals surface area (Å²) in [6.07, 6.45) is 0. The molecule has 0 unspecified atom stereocenters. The molecule has 0 radical (unpaired) electrons. The lowest BCUT2D eigenvalue weighted by Gasteiger charge is -1.99. The van der Waals surface area contributed by atoms with Gasteiger partial charge >= 0.3 is 5.76 Å². The second-order valence-corrected chi connectivity index (χ2v) is 2.96. The Morgan fingerprint density at radius 1 is 1.50 bits per heavy atom. The summed E-state index contributed by atoms with van der Waals surface area (Å²) < 4.78 is 4.65. The van der Waals surface area contributed by atoms with Crippen molar-refractivity contribution in [2.45, 2.75) is 20.8 Å². The number of carbonyl (C=O) groups excluding carboxylic acids is 1. The average molecular weight is 169 g/mol. The van der Waals surface area contributed by atoms with Crippen molar-refractivity contribution in [1.82, 2.24) is 4.98 Å². The van der Waals surface area contributed by atoms with Gasteiger partial charge in [0.25, 0.3) is 0 Å². The molecule has 0 spiro atoms. The number of ketones is 1. The second-order valence-electron chi connectivity index (χ2n) is 2.96. The number of oxazole rings is 1. The first kappa shape index (κ1) is 8.77. The van der Waals surface area contributed by atoms with E-state index >= 15 is 0 Å². The van der Waals surface area contributed by atoms with Crippen molar-refractivity contribution in [3.8, 4) is 0 Å². The number of aryl methyl sites for hydroxylation is 1. The average Bonchev–Trinajstić information content (AvgIpc) is 2.28. The number of hydrogen-bond donors (Lipinski definition) is 1. The highest BCUT2D eigenvalue weighted by molar-refractivity contribution is 5.96. The van der Waals surface area contributed by atoms with Gasteiger partial charge in [-0.3, -0.25) is 9.78 Å². The maximum absolute atomic E-state index is 11.3. The summed E-state index contributed by atoms with van der Waals surface area (Å²) in [7, 11) is 0. The Morgan fingerprint density at radius 3 is 2.42 bits per heavy atom. The summed E-state index contributed by atoms with van der Waals surface area (Å²) in [5, 5.41) is 0. The highest BCUT2D eigenvalue weighted by atomic mass is 16.4. The van der Waals surface area contributed by atoms with Gasteiger partial charge in [-0.1, -0.05) is 13.8 Å². The van der Waals surface area contributed by atoms with Crippen molar-refractivity contribution < 1.29 is 9.21 Å². The molecule has 0 atom stereocenters. The summed E-state index contributed by atoms with van der Waals surface area (Å²) in [5.74, 6) is -0.439. The van der Waals surface area contributed by atoms with Crippen LogP contribution in [0.4, 0.5) is 0 Å². The number of aromatic amines is 1. The third kappa shape index (κ3) is 1.47. The molecule has 0 amide bonds. The molecule has 1 N–H and O–H groups in total. The predicted molar refractivity (Wildman–Crippen MR) is 43.2 cm³/mol. The molecule has 12 heavy (non-hydrogen) atoms. The number of nitrogens with one attached hydrogen (secondary N) is 1. The van der Waals surface area contributed by atoms with Gasteiger partial charge in [0, 0.05) is 5.92 Å². The van der Waals surface area contributed by atoms with Gasteiger partial charge < -0.3 is 4.42 Å². The van der Waals surface area contributed by atoms with E-state index in [1.54, 1.807) is 20.8 Å². The highest BCUT2D eigenvalue weighted by Gasteiger charge is 2.16. The molecule has 1 heterocycles. The van der Waals surface area contributed by atoms with Crippen LogP contribution in [0.1, 0.15) is 30.1 Å². The van der Waals surface area contributed by atoms with Crippen LogP contribution in [0.15, 0.2) is 9.21 Å². The standard InChI is InChI=1S/C8H11NO3/c1-4(2)7(10)6-5(3)12-8(11)9-6/h4H,1-3H3,(H,9,11). The zero-order chi connectivity index (χ0) is 9.30. The van der Waals surface area contributed by atoms with Gasteiger partial charge in [0.15, 0.2) is 5.78 Å². The van der Waals surface area contributed by atoms with Crippen LogP contribution in [-0.2, 0) is 0 Å². The number of rotatable bonds is 2. The largest absolute Gasteiger partial charge is 0.417 e. The molecule has 0 aliphatic rings. The lowest BCUT2D eigenvalue weighted by molar-refractivity contribution is 0.0933. The van der Waals surface area contributed by atoms with Crippen LogP contribution < -0.4 is 5.76 Å². The lowest BCUT2D eigenvalue weighted by atomic mass is 10.1. The molecule has 0 bridgehead atoms. The Hall–Kier alpha value is -1.32. The first-order valence-corrected chi connectivity index (χ1v) is 3.76. The Kier molecular flexibility index (Phi) is 2.17. The summed E-state index contributed by atoms with van der Waals surface area (Å²) >= 11 is 0. The third-order valence-electron chi connectivity index (χ3n) is 1.60. The Morgan fingerprint density at radius 2 is 2.08 bits per heavy atom. The first-order valence-electron chi connectivity index (χ1n) is 3.76. The van der Waals surface area contributed by atoms with Crippen LogP contribution in [0.3, 0.4) is 0 Å². The van der Waals surface area contributed by atoms with E-state index in [0.29, 0.717) is 5.76 Å². The molecule has 4 heteroatoms. The highest BCUT2D eigenvalue weighted by Crippen LogP contribution is 2.08. The Balaban J connectivity index is 3.11. The fraction of sp³-hybridized carbons (Fsp3) is 0.500. The molecule has 1 aromatic heterocycles. The van der Waals surface area contributed by atoms with Crippen LogP contribution in [0.5, 0.6) is 0 Å². The van der Waals surface area contributed by atoms with E-state index in [4.69, 9.17) is 0 Å². The van der Waals surface area contributed by atoms with E-state index in [2.05, 4.69) is 9.40 Å². The molecular weight excluding hydrogens is 158 g/mol. The van der Waals surface area contributed by atoms with E-state index in [0.717, 1.165) is 0 Å². The van der Waals surface area contributed by atoms with Crippen molar-refractivity contribution in [3.05, 3.63) is 22.0 Å². The number of H-pyrrole nitrogens is 1. The summed E-state index contributed by atoms with van der Waals surface area (Å²) in [5.41, 5.74) is 0.287. The van der Waals surface area contributed by atoms with Crippen LogP contribution in [0.25, 0.3) is 0 Å². The number of aromatic nitrogens is 1. The van der Waals surface area contributed by atoms with Crippen molar-refractivity contribution in [3.63, 3.8) is 0 Å². The van der Waals surface area contributed by atoms with Crippen LogP contribution in [0, 0.1) is 12.8 Å². The zero-order valence-electron chi connectivity index (χ0n) is 7.30. The van der Waals surface area contributed by atoms with Gasteiger partial charge in [-0.2, -0.15) is 0 Å². The van der Waals surface area contributed by atoms with Crippen LogP contribution in [0.2, 0.25) is 0 Å². The quantitative estimate of drug-likeness (QED) is 0.674. The van der Waals surface area contributed by atoms with Gasteiger partial charge in [0.2, 0.25) is 0 Å². The number of Topliss-reactive ketones (excluding diaryl/α,β-unsaturated/α-hetero) is 1. The predicted octanol–water partition coefficient (Wildman–Crippen LogP) is 1.12. The van der Waals surface area contributed by atoms with E-state index in [-0.39, 0.29) is 17.4 Å². The summed E-state index contributed by atoms with van der Waals surface area (Å²) in [6, 6.07) is 0. The summed E-state index contributed by atoms with van der Waals surface area (Å²) in [6.45, 7) is 5.13. The van der Waals surface area contributed by atoms with Gasteiger partial charge in [-0.15, -0.1) is 0 Å². The molecule has 0 aromatic carbocycles. The third-order valence-corrected chi connectivity index (χ3v) is 1.60. The maximum atomic E-state index is 11.3. The fourth-order valence-electron chi connectivity index (χ4n) is 0.929. The molecule has 0 saturated carbocycles. The fourth-order valence-corrected chi connectivity index (χ4v) is 0.929. The van der Waals surface area contributed by atoms with Crippen molar-refractivity contribution >= 4 is 5.78 Å². The molecule has 0 fully saturated rings. The minimum absolute atomic E-state index is 0.0987. The minimum Gasteiger partial charge on any atom is -0.413 e. The summed E-state index contributed by atoms with van der Waals surface area (Å²) in [4.78, 5) is 24.4. The first-order chi connectivity index (χ1) is 5.52. The van der Waals surface area contributed by atoms with E-state index in [1.807, 2.05) is 0 Å². The van der Waals surface area contributed by atoms with Crippen LogP contribution >= 0.6 is 0 Å². The molecule has 1 rings (SSSR count). The van der Waals surface area contributed by atoms with E-state index in [1.165, 1.54) is 0 Å². The van der Waals surface area contributed by atoms with Crippen molar-refractivity contribution in [1.29, 1.82) is 0 Å². The number of carbonyl (C=O) groups is 1. The molecule has 0 aliphatic carbocycles. The molecule has 0 aliphatic heterocycles.